The second-order valence-electron chi connectivity index (χ2n) is 5.47. The van der Waals surface area contributed by atoms with E-state index in [4.69, 9.17) is 13.5 Å². The summed E-state index contributed by atoms with van der Waals surface area (Å²) in [6.07, 6.45) is 0.617. The van der Waals surface area contributed by atoms with Crippen molar-refractivity contribution in [1.82, 2.24) is 4.90 Å². The third kappa shape index (κ3) is 5.77. The lowest BCUT2D eigenvalue weighted by Gasteiger charge is -2.28. The molecule has 1 aliphatic rings. The van der Waals surface area contributed by atoms with Crippen LogP contribution < -0.4 is 0 Å². The van der Waals surface area contributed by atoms with Crippen LogP contribution >= 0.6 is 0 Å². The highest BCUT2D eigenvalue weighted by molar-refractivity contribution is 7.86. The van der Waals surface area contributed by atoms with E-state index in [0.29, 0.717) is 0 Å². The molecule has 1 fully saturated rings. The van der Waals surface area contributed by atoms with E-state index < -0.39 is 37.7 Å². The fourth-order valence-corrected chi connectivity index (χ4v) is 3.02. The van der Waals surface area contributed by atoms with Crippen molar-refractivity contribution in [3.05, 3.63) is 0 Å². The number of carbonyl (C=O) groups is 1. The minimum absolute atomic E-state index is 0.0373. The monoisotopic (exact) mass is 345 g/mol. The van der Waals surface area contributed by atoms with Gasteiger partial charge in [0, 0.05) is 24.4 Å². The van der Waals surface area contributed by atoms with Gasteiger partial charge >= 0.3 is 6.09 Å². The first-order valence-corrected chi connectivity index (χ1v) is 9.62. The number of nitrogens with zero attached hydrogens (tertiary/aromatic N) is 1. The van der Waals surface area contributed by atoms with E-state index in [9.17, 15) is 21.6 Å². The molecule has 0 spiro atoms. The van der Waals surface area contributed by atoms with Crippen LogP contribution in [-0.2, 0) is 28.6 Å². The Morgan fingerprint density at radius 3 is 2.19 bits per heavy atom. The summed E-state index contributed by atoms with van der Waals surface area (Å²) in [7, 11) is -7.35. The lowest BCUT2D eigenvalue weighted by Crippen LogP contribution is -2.36. The Bertz CT molecular complexity index is 599. The minimum Gasteiger partial charge on any atom is -0.465 e. The van der Waals surface area contributed by atoms with Gasteiger partial charge in [0.1, 0.15) is 0 Å². The molecule has 0 saturated carbocycles. The number of hydrogen-bond acceptors (Lipinski definition) is 7. The second kappa shape index (κ2) is 6.07. The molecule has 2 atom stereocenters. The van der Waals surface area contributed by atoms with E-state index in [1.165, 1.54) is 0 Å². The summed E-state index contributed by atoms with van der Waals surface area (Å²) in [6, 6.07) is 0. The van der Waals surface area contributed by atoms with Crippen LogP contribution in [0.3, 0.4) is 0 Å². The number of hydrogen-bond donors (Lipinski definition) is 1. The average Bonchev–Trinajstić information content (AvgIpc) is 2.61. The van der Waals surface area contributed by atoms with Crippen LogP contribution in [0, 0.1) is 11.3 Å². The zero-order valence-corrected chi connectivity index (χ0v) is 13.6. The Labute approximate surface area is 124 Å². The molecule has 0 aliphatic carbocycles. The molecule has 21 heavy (non-hydrogen) atoms. The maximum atomic E-state index is 11.1. The smallest absolute Gasteiger partial charge is 0.407 e. The van der Waals surface area contributed by atoms with Gasteiger partial charge < -0.3 is 10.0 Å². The van der Waals surface area contributed by atoms with Gasteiger partial charge in [-0.05, 0) is 0 Å². The first-order chi connectivity index (χ1) is 9.32. The summed E-state index contributed by atoms with van der Waals surface area (Å²) in [4.78, 5) is 12.1. The largest absolute Gasteiger partial charge is 0.465 e. The Balaban J connectivity index is 2.86. The fraction of sp³-hybridized carbons (Fsp3) is 0.900. The van der Waals surface area contributed by atoms with Crippen molar-refractivity contribution in [3.8, 4) is 0 Å². The van der Waals surface area contributed by atoms with Gasteiger partial charge in [-0.1, -0.05) is 6.92 Å². The summed E-state index contributed by atoms with van der Waals surface area (Å²) < 4.78 is 53.8. The van der Waals surface area contributed by atoms with E-state index in [2.05, 4.69) is 0 Å². The summed E-state index contributed by atoms with van der Waals surface area (Å²) in [6.45, 7) is 1.25. The lowest BCUT2D eigenvalue weighted by atomic mass is 9.81. The first kappa shape index (κ1) is 18.1. The Morgan fingerprint density at radius 1 is 1.24 bits per heavy atom. The number of carboxylic acid groups (broad SMARTS) is 1. The standard InChI is InChI=1S/C10H19NO8S2/c1-10(7-19-21(3,16)17)6-11(9(12)13)4-8(10)5-18-20(2,14)15/h8H,4-7H2,1-3H3,(H,12,13). The van der Waals surface area contributed by atoms with Crippen LogP contribution in [0.25, 0.3) is 0 Å². The van der Waals surface area contributed by atoms with Gasteiger partial charge in [-0.25, -0.2) is 4.79 Å². The zero-order valence-electron chi connectivity index (χ0n) is 12.0. The van der Waals surface area contributed by atoms with Crippen LogP contribution in [0.2, 0.25) is 0 Å². The van der Waals surface area contributed by atoms with Gasteiger partial charge in [0.15, 0.2) is 0 Å². The SMILES string of the molecule is CC1(COS(C)(=O)=O)CN(C(=O)O)CC1COS(C)(=O)=O. The van der Waals surface area contributed by atoms with E-state index in [1.54, 1.807) is 6.92 Å². The maximum absolute atomic E-state index is 11.1. The van der Waals surface area contributed by atoms with Crippen molar-refractivity contribution in [2.45, 2.75) is 6.92 Å². The van der Waals surface area contributed by atoms with Crippen molar-refractivity contribution in [3.63, 3.8) is 0 Å². The normalized spacial score (nSPS) is 27.0. The molecular formula is C10H19NO8S2. The predicted octanol–water partition coefficient (Wildman–Crippen LogP) is -0.445. The highest BCUT2D eigenvalue weighted by Gasteiger charge is 2.46. The first-order valence-electron chi connectivity index (χ1n) is 5.99. The second-order valence-corrected chi connectivity index (χ2v) is 8.76. The number of amides is 1. The van der Waals surface area contributed by atoms with Crippen molar-refractivity contribution < 1.29 is 35.1 Å². The van der Waals surface area contributed by atoms with Gasteiger partial charge in [0.05, 0.1) is 25.7 Å². The highest BCUT2D eigenvalue weighted by Crippen LogP contribution is 2.37. The third-order valence-electron chi connectivity index (χ3n) is 3.33. The molecule has 1 aliphatic heterocycles. The van der Waals surface area contributed by atoms with E-state index in [-0.39, 0.29) is 26.3 Å². The predicted molar refractivity (Wildman–Crippen MR) is 72.8 cm³/mol. The molecule has 9 nitrogen and oxygen atoms in total. The molecular weight excluding hydrogens is 326 g/mol. The van der Waals surface area contributed by atoms with E-state index in [0.717, 1.165) is 17.4 Å². The molecule has 1 saturated heterocycles. The van der Waals surface area contributed by atoms with Crippen molar-refractivity contribution in [2.75, 3.05) is 38.8 Å². The molecule has 11 heteroatoms. The summed E-state index contributed by atoms with van der Waals surface area (Å²) in [5.74, 6) is -0.495. The topological polar surface area (TPSA) is 127 Å². The molecule has 1 N–H and O–H groups in total. The van der Waals surface area contributed by atoms with E-state index >= 15 is 0 Å². The van der Waals surface area contributed by atoms with Crippen molar-refractivity contribution >= 4 is 26.3 Å². The van der Waals surface area contributed by atoms with Crippen LogP contribution in [0.1, 0.15) is 6.92 Å². The quantitative estimate of drug-likeness (QED) is 0.642. The van der Waals surface area contributed by atoms with Gasteiger partial charge in [-0.15, -0.1) is 0 Å². The van der Waals surface area contributed by atoms with Gasteiger partial charge in [-0.2, -0.15) is 16.8 Å². The van der Waals surface area contributed by atoms with Gasteiger partial charge in [0.25, 0.3) is 20.2 Å². The van der Waals surface area contributed by atoms with Crippen LogP contribution in [0.5, 0.6) is 0 Å². The van der Waals surface area contributed by atoms with Crippen molar-refractivity contribution in [1.29, 1.82) is 0 Å². The third-order valence-corrected chi connectivity index (χ3v) is 4.45. The van der Waals surface area contributed by atoms with Gasteiger partial charge in [0.2, 0.25) is 0 Å². The summed E-state index contributed by atoms with van der Waals surface area (Å²) in [5.41, 5.74) is -0.855. The Hall–Kier alpha value is -0.910. The lowest BCUT2D eigenvalue weighted by molar-refractivity contribution is 0.102. The molecule has 0 aromatic rings. The molecule has 1 rings (SSSR count). The molecule has 0 bridgehead atoms. The van der Waals surface area contributed by atoms with Gasteiger partial charge in [-0.3, -0.25) is 8.37 Å². The molecule has 1 heterocycles. The van der Waals surface area contributed by atoms with Crippen molar-refractivity contribution in [2.24, 2.45) is 11.3 Å². The maximum Gasteiger partial charge on any atom is 0.407 e. The van der Waals surface area contributed by atoms with Crippen LogP contribution in [-0.4, -0.2) is 71.8 Å². The molecule has 0 radical (unpaired) electrons. The molecule has 0 aromatic heterocycles. The van der Waals surface area contributed by atoms with E-state index in [1.807, 2.05) is 0 Å². The van der Waals surface area contributed by atoms with Crippen LogP contribution in [0.15, 0.2) is 0 Å². The summed E-state index contributed by atoms with van der Waals surface area (Å²) in [5, 5.41) is 9.03. The molecule has 2 unspecified atom stereocenters. The Morgan fingerprint density at radius 2 is 1.76 bits per heavy atom. The molecule has 124 valence electrons. The van der Waals surface area contributed by atoms with Crippen LogP contribution in [0.4, 0.5) is 4.79 Å². The molecule has 1 amide bonds. The minimum atomic E-state index is -3.68. The number of rotatable bonds is 6. The summed E-state index contributed by atoms with van der Waals surface area (Å²) >= 11 is 0. The highest BCUT2D eigenvalue weighted by atomic mass is 32.2. The zero-order chi connectivity index (χ0) is 16.5. The molecule has 0 aromatic carbocycles. The Kier molecular flexibility index (Phi) is 5.24. The average molecular weight is 345 g/mol. The number of likely N-dealkylation sites (tertiary alicyclic amines) is 1. The fourth-order valence-electron chi connectivity index (χ4n) is 2.13.